The Labute approximate surface area is 90.8 Å². The van der Waals surface area contributed by atoms with Crippen LogP contribution in [0.4, 0.5) is 0 Å². The van der Waals surface area contributed by atoms with Gasteiger partial charge in [0.25, 0.3) is 0 Å². The average Bonchev–Trinajstić information content (AvgIpc) is 2.21. The second-order valence-corrected chi connectivity index (χ2v) is 2.64. The van der Waals surface area contributed by atoms with Crippen molar-refractivity contribution in [1.82, 2.24) is 0 Å². The van der Waals surface area contributed by atoms with Gasteiger partial charge in [0.1, 0.15) is 0 Å². The van der Waals surface area contributed by atoms with E-state index in [1.807, 2.05) is 36.4 Å². The number of hydrogen-bond acceptors (Lipinski definition) is 0. The van der Waals surface area contributed by atoms with Gasteiger partial charge in [0.2, 0.25) is 0 Å². The van der Waals surface area contributed by atoms with Gasteiger partial charge in [-0.2, -0.15) is 0 Å². The molecular weight excluding hydrogens is 151 g/mol. The van der Waals surface area contributed by atoms with Crippen LogP contribution in [0.15, 0.2) is 54.6 Å². The number of hydrogen-bond donors (Lipinski definition) is 0. The summed E-state index contributed by atoms with van der Waals surface area (Å²) in [6.45, 7) is 0. The number of rotatable bonds is 1. The first-order valence-electron chi connectivity index (χ1n) is 3.99. The Bertz CT molecular complexity index is 303. The van der Waals surface area contributed by atoms with Crippen molar-refractivity contribution in [2.24, 2.45) is 0 Å². The van der Waals surface area contributed by atoms with Gasteiger partial charge in [-0.15, -0.1) is 35.9 Å². The minimum atomic E-state index is 0. The van der Waals surface area contributed by atoms with Crippen molar-refractivity contribution in [3.8, 4) is 11.1 Å². The van der Waals surface area contributed by atoms with Crippen molar-refractivity contribution in [1.29, 1.82) is 0 Å². The molecule has 0 saturated carbocycles. The summed E-state index contributed by atoms with van der Waals surface area (Å²) in [7, 11) is 0. The Morgan fingerprint density at radius 3 is 2.08 bits per heavy atom. The van der Waals surface area contributed by atoms with Gasteiger partial charge in [-0.05, 0) is 0 Å². The summed E-state index contributed by atoms with van der Waals surface area (Å²) in [6, 6.07) is 21.5. The van der Waals surface area contributed by atoms with Crippen LogP contribution >= 0.6 is 0 Å². The second-order valence-electron chi connectivity index (χ2n) is 2.64. The first-order chi connectivity index (χ1) is 5.97. The molecule has 13 heavy (non-hydrogen) atoms. The van der Waals surface area contributed by atoms with E-state index in [2.05, 4.69) is 24.3 Å². The maximum Gasteiger partial charge on any atom is 1.00 e. The van der Waals surface area contributed by atoms with Gasteiger partial charge in [-0.3, -0.25) is 0 Å². The van der Waals surface area contributed by atoms with Crippen molar-refractivity contribution < 1.29 is 18.9 Å². The normalized spacial score (nSPS) is 8.92. The van der Waals surface area contributed by atoms with E-state index in [1.54, 1.807) is 0 Å². The van der Waals surface area contributed by atoms with Crippen LogP contribution in [0.1, 0.15) is 0 Å². The zero-order valence-electron chi connectivity index (χ0n) is 7.70. The Hall–Kier alpha value is -0.963. The Kier molecular flexibility index (Phi) is 3.83. The predicted octanol–water partition coefficient (Wildman–Crippen LogP) is 0.158. The zero-order chi connectivity index (χ0) is 8.23. The summed E-state index contributed by atoms with van der Waals surface area (Å²) in [4.78, 5) is 0. The molecule has 0 bridgehead atoms. The zero-order valence-corrected chi connectivity index (χ0v) is 7.70. The Balaban J connectivity index is 0.000000845. The van der Waals surface area contributed by atoms with Crippen molar-refractivity contribution >= 4 is 0 Å². The largest absolute Gasteiger partial charge is 1.00 e. The smallest absolute Gasteiger partial charge is 0.147 e. The van der Waals surface area contributed by atoms with E-state index in [1.165, 1.54) is 5.56 Å². The Morgan fingerprint density at radius 1 is 0.769 bits per heavy atom. The molecule has 2 aromatic carbocycles. The summed E-state index contributed by atoms with van der Waals surface area (Å²) in [5.74, 6) is 0. The molecule has 2 aromatic rings. The fourth-order valence-electron chi connectivity index (χ4n) is 1.19. The molecule has 0 heterocycles. The van der Waals surface area contributed by atoms with Crippen LogP contribution in [-0.2, 0) is 0 Å². The quantitative estimate of drug-likeness (QED) is 0.411. The fraction of sp³-hybridized carbons (Fsp3) is 0. The van der Waals surface area contributed by atoms with Crippen LogP contribution in [0.25, 0.3) is 11.1 Å². The third-order valence-electron chi connectivity index (χ3n) is 1.79. The van der Waals surface area contributed by atoms with Gasteiger partial charge < -0.3 is 0 Å². The van der Waals surface area contributed by atoms with E-state index < -0.39 is 0 Å². The molecule has 0 aliphatic rings. The molecule has 0 atom stereocenters. The molecule has 0 radical (unpaired) electrons. The van der Waals surface area contributed by atoms with E-state index in [9.17, 15) is 0 Å². The summed E-state index contributed by atoms with van der Waals surface area (Å²) in [5, 5.41) is 0. The van der Waals surface area contributed by atoms with Crippen LogP contribution in [0.3, 0.4) is 0 Å². The third kappa shape index (κ3) is 2.49. The minimum absolute atomic E-state index is 0. The summed E-state index contributed by atoms with van der Waals surface area (Å²) in [6.07, 6.45) is 0. The van der Waals surface area contributed by atoms with Crippen LogP contribution < -0.4 is 18.9 Å². The first-order valence-corrected chi connectivity index (χ1v) is 3.99. The van der Waals surface area contributed by atoms with E-state index in [0.29, 0.717) is 0 Å². The average molecular weight is 160 g/mol. The van der Waals surface area contributed by atoms with Crippen LogP contribution in [0, 0.1) is 6.07 Å². The molecule has 0 amide bonds. The third-order valence-corrected chi connectivity index (χ3v) is 1.79. The van der Waals surface area contributed by atoms with Crippen molar-refractivity contribution in [2.75, 3.05) is 0 Å². The van der Waals surface area contributed by atoms with Crippen LogP contribution in [0.5, 0.6) is 0 Å². The number of benzene rings is 2. The summed E-state index contributed by atoms with van der Waals surface area (Å²) >= 11 is 0. The van der Waals surface area contributed by atoms with Gasteiger partial charge in [0.05, 0.1) is 0 Å². The maximum absolute atomic E-state index is 3.18. The minimum Gasteiger partial charge on any atom is -0.147 e. The van der Waals surface area contributed by atoms with E-state index >= 15 is 0 Å². The molecule has 0 N–H and O–H groups in total. The van der Waals surface area contributed by atoms with E-state index in [4.69, 9.17) is 0 Å². The molecule has 1 heteroatoms. The van der Waals surface area contributed by atoms with Crippen molar-refractivity contribution in [3.63, 3.8) is 0 Å². The molecule has 0 aliphatic heterocycles. The van der Waals surface area contributed by atoms with Gasteiger partial charge in [0.15, 0.2) is 0 Å². The maximum atomic E-state index is 3.18. The molecule has 0 aliphatic carbocycles. The molecule has 2 rings (SSSR count). The molecule has 0 aromatic heterocycles. The van der Waals surface area contributed by atoms with Gasteiger partial charge in [-0.1, -0.05) is 35.9 Å². The fourth-order valence-corrected chi connectivity index (χ4v) is 1.19. The molecule has 0 saturated heterocycles. The van der Waals surface area contributed by atoms with Crippen molar-refractivity contribution in [2.45, 2.75) is 0 Å². The first kappa shape index (κ1) is 10.1. The van der Waals surface area contributed by atoms with Crippen LogP contribution in [-0.4, -0.2) is 0 Å². The van der Waals surface area contributed by atoms with Crippen LogP contribution in [0.2, 0.25) is 0 Å². The topological polar surface area (TPSA) is 0 Å². The molecule has 0 unspecified atom stereocenters. The molecule has 0 nitrogen and oxygen atoms in total. The van der Waals surface area contributed by atoms with Gasteiger partial charge >= 0.3 is 18.9 Å². The molecule has 58 valence electrons. The van der Waals surface area contributed by atoms with Crippen molar-refractivity contribution in [3.05, 3.63) is 60.7 Å². The standard InChI is InChI=1S/C12H9.Li/c1-3-7-11(8-4-1)12-9-5-2-6-10-12;/h1-9H;/q-1;+1. The van der Waals surface area contributed by atoms with E-state index in [0.717, 1.165) is 5.56 Å². The van der Waals surface area contributed by atoms with Gasteiger partial charge in [0, 0.05) is 0 Å². The molecule has 0 fully saturated rings. The van der Waals surface area contributed by atoms with Gasteiger partial charge in [-0.25, -0.2) is 0 Å². The van der Waals surface area contributed by atoms with E-state index in [-0.39, 0.29) is 18.9 Å². The predicted molar refractivity (Wildman–Crippen MR) is 50.7 cm³/mol. The molecule has 0 spiro atoms. The Morgan fingerprint density at radius 2 is 1.46 bits per heavy atom. The SMILES string of the molecule is [Li+].[c-]1ccccc1-c1ccccc1. The summed E-state index contributed by atoms with van der Waals surface area (Å²) < 4.78 is 0. The summed E-state index contributed by atoms with van der Waals surface area (Å²) in [5.41, 5.74) is 2.37. The second kappa shape index (κ2) is 4.92. The molecular formula is C12H9Li. The monoisotopic (exact) mass is 160 g/mol.